The predicted octanol–water partition coefficient (Wildman–Crippen LogP) is 1.26. The van der Waals surface area contributed by atoms with E-state index < -0.39 is 11.9 Å². The largest absolute Gasteiger partial charge is 0.497 e. The average Bonchev–Trinajstić information content (AvgIpc) is 2.36. The minimum absolute atomic E-state index is 0.240. The molecular formula is C11H13ClN2O3. The second-order valence-electron chi connectivity index (χ2n) is 3.21. The van der Waals surface area contributed by atoms with E-state index in [4.69, 9.17) is 16.3 Å². The Labute approximate surface area is 104 Å². The van der Waals surface area contributed by atoms with Crippen LogP contribution in [0.25, 0.3) is 0 Å². The highest BCUT2D eigenvalue weighted by Crippen LogP contribution is 2.10. The SMILES string of the molecule is COc1ccc(CNC(=O)NC(=O)CCl)cc1. The molecule has 0 heterocycles. The molecule has 2 N–H and O–H groups in total. The molecule has 0 saturated heterocycles. The highest BCUT2D eigenvalue weighted by Gasteiger charge is 2.05. The molecule has 0 unspecified atom stereocenters. The first kappa shape index (κ1) is 13.3. The van der Waals surface area contributed by atoms with Gasteiger partial charge in [0.25, 0.3) is 0 Å². The molecule has 0 aromatic heterocycles. The first-order valence-electron chi connectivity index (χ1n) is 4.92. The zero-order chi connectivity index (χ0) is 12.7. The molecular weight excluding hydrogens is 244 g/mol. The van der Waals surface area contributed by atoms with Gasteiger partial charge in [0.15, 0.2) is 0 Å². The molecule has 0 fully saturated rings. The maximum atomic E-state index is 11.2. The Morgan fingerprint density at radius 3 is 2.47 bits per heavy atom. The molecule has 0 aliphatic carbocycles. The summed E-state index contributed by atoms with van der Waals surface area (Å²) < 4.78 is 5.00. The van der Waals surface area contributed by atoms with Crippen molar-refractivity contribution < 1.29 is 14.3 Å². The summed E-state index contributed by atoms with van der Waals surface area (Å²) in [6.07, 6.45) is 0. The smallest absolute Gasteiger partial charge is 0.321 e. The number of amides is 3. The summed E-state index contributed by atoms with van der Waals surface area (Å²) in [5.41, 5.74) is 0.902. The van der Waals surface area contributed by atoms with E-state index in [0.717, 1.165) is 11.3 Å². The third kappa shape index (κ3) is 4.74. The Morgan fingerprint density at radius 2 is 1.94 bits per heavy atom. The number of ether oxygens (including phenoxy) is 1. The van der Waals surface area contributed by atoms with Gasteiger partial charge in [0.05, 0.1) is 7.11 Å². The Kier molecular flexibility index (Phi) is 5.29. The normalized spacial score (nSPS) is 9.53. The zero-order valence-corrected chi connectivity index (χ0v) is 10.1. The van der Waals surface area contributed by atoms with Gasteiger partial charge in [-0.2, -0.15) is 0 Å². The number of imide groups is 1. The van der Waals surface area contributed by atoms with Gasteiger partial charge in [0.2, 0.25) is 5.91 Å². The van der Waals surface area contributed by atoms with Gasteiger partial charge >= 0.3 is 6.03 Å². The van der Waals surface area contributed by atoms with E-state index in [1.165, 1.54) is 0 Å². The Morgan fingerprint density at radius 1 is 1.29 bits per heavy atom. The maximum Gasteiger partial charge on any atom is 0.321 e. The van der Waals surface area contributed by atoms with Crippen LogP contribution in [0.15, 0.2) is 24.3 Å². The molecule has 0 aliphatic heterocycles. The zero-order valence-electron chi connectivity index (χ0n) is 9.33. The number of nitrogens with one attached hydrogen (secondary N) is 2. The number of urea groups is 1. The average molecular weight is 257 g/mol. The molecule has 1 aromatic rings. The van der Waals surface area contributed by atoms with Crippen molar-refractivity contribution in [3.05, 3.63) is 29.8 Å². The highest BCUT2D eigenvalue weighted by atomic mass is 35.5. The summed E-state index contributed by atoms with van der Waals surface area (Å²) in [7, 11) is 1.58. The summed E-state index contributed by atoms with van der Waals surface area (Å²) in [5, 5.41) is 4.61. The molecule has 6 heteroatoms. The van der Waals surface area contributed by atoms with Crippen LogP contribution in [0.5, 0.6) is 5.75 Å². The Hall–Kier alpha value is -1.75. The van der Waals surface area contributed by atoms with Gasteiger partial charge in [-0.25, -0.2) is 4.79 Å². The van der Waals surface area contributed by atoms with Gasteiger partial charge < -0.3 is 10.1 Å². The number of carbonyl (C=O) groups excluding carboxylic acids is 2. The number of hydrogen-bond acceptors (Lipinski definition) is 3. The van der Waals surface area contributed by atoms with Gasteiger partial charge in [-0.15, -0.1) is 11.6 Å². The quantitative estimate of drug-likeness (QED) is 0.797. The number of benzene rings is 1. The van der Waals surface area contributed by atoms with Crippen molar-refractivity contribution in [2.45, 2.75) is 6.54 Å². The summed E-state index contributed by atoms with van der Waals surface area (Å²) in [5.74, 6) is -0.0231. The molecule has 0 radical (unpaired) electrons. The van der Waals surface area contributed by atoms with Crippen molar-refractivity contribution in [3.63, 3.8) is 0 Å². The van der Waals surface area contributed by atoms with Gasteiger partial charge in [-0.05, 0) is 17.7 Å². The minimum atomic E-state index is -0.563. The first-order chi connectivity index (χ1) is 8.15. The topological polar surface area (TPSA) is 67.4 Å². The fourth-order valence-electron chi connectivity index (χ4n) is 1.13. The monoisotopic (exact) mass is 256 g/mol. The van der Waals surface area contributed by atoms with Crippen molar-refractivity contribution in [2.24, 2.45) is 0 Å². The van der Waals surface area contributed by atoms with Crippen LogP contribution < -0.4 is 15.4 Å². The molecule has 0 spiro atoms. The van der Waals surface area contributed by atoms with E-state index in [0.29, 0.717) is 6.54 Å². The third-order valence-corrected chi connectivity index (χ3v) is 2.23. The van der Waals surface area contributed by atoms with Gasteiger partial charge in [-0.3, -0.25) is 10.1 Å². The second kappa shape index (κ2) is 6.75. The molecule has 1 aromatic carbocycles. The number of rotatable bonds is 4. The lowest BCUT2D eigenvalue weighted by molar-refractivity contribution is -0.117. The maximum absolute atomic E-state index is 11.2. The lowest BCUT2D eigenvalue weighted by Gasteiger charge is -2.06. The van der Waals surface area contributed by atoms with Crippen LogP contribution in [-0.4, -0.2) is 24.9 Å². The van der Waals surface area contributed by atoms with E-state index in [-0.39, 0.29) is 5.88 Å². The van der Waals surface area contributed by atoms with E-state index in [9.17, 15) is 9.59 Å². The molecule has 3 amide bonds. The lowest BCUT2D eigenvalue weighted by atomic mass is 10.2. The van der Waals surface area contributed by atoms with E-state index in [1.807, 2.05) is 12.1 Å². The predicted molar refractivity (Wildman–Crippen MR) is 64.1 cm³/mol. The van der Waals surface area contributed by atoms with Crippen LogP contribution in [0.3, 0.4) is 0 Å². The Bertz CT molecular complexity index is 392. The number of carbonyl (C=O) groups is 2. The second-order valence-corrected chi connectivity index (χ2v) is 3.48. The molecule has 17 heavy (non-hydrogen) atoms. The summed E-state index contributed by atoms with van der Waals surface area (Å²) in [6.45, 7) is 0.325. The van der Waals surface area contributed by atoms with Crippen molar-refractivity contribution >= 4 is 23.5 Å². The Balaban J connectivity index is 2.39. The molecule has 92 valence electrons. The molecule has 5 nitrogen and oxygen atoms in total. The van der Waals surface area contributed by atoms with Crippen molar-refractivity contribution in [1.29, 1.82) is 0 Å². The summed E-state index contributed by atoms with van der Waals surface area (Å²) in [6, 6.07) is 6.66. The first-order valence-corrected chi connectivity index (χ1v) is 5.45. The number of hydrogen-bond donors (Lipinski definition) is 2. The number of methoxy groups -OCH3 is 1. The van der Waals surface area contributed by atoms with Crippen molar-refractivity contribution in [2.75, 3.05) is 13.0 Å². The van der Waals surface area contributed by atoms with Gasteiger partial charge in [-0.1, -0.05) is 12.1 Å². The fourth-order valence-corrected chi connectivity index (χ4v) is 1.20. The van der Waals surface area contributed by atoms with Crippen LogP contribution in [0.1, 0.15) is 5.56 Å². The van der Waals surface area contributed by atoms with Gasteiger partial charge in [0, 0.05) is 6.54 Å². The summed E-state index contributed by atoms with van der Waals surface area (Å²) >= 11 is 5.24. The number of alkyl halides is 1. The van der Waals surface area contributed by atoms with Gasteiger partial charge in [0.1, 0.15) is 11.6 Å². The molecule has 1 rings (SSSR count). The van der Waals surface area contributed by atoms with Crippen LogP contribution in [0, 0.1) is 0 Å². The number of halogens is 1. The highest BCUT2D eigenvalue weighted by molar-refractivity contribution is 6.28. The van der Waals surface area contributed by atoms with E-state index in [1.54, 1.807) is 19.2 Å². The van der Waals surface area contributed by atoms with E-state index >= 15 is 0 Å². The van der Waals surface area contributed by atoms with Crippen LogP contribution in [-0.2, 0) is 11.3 Å². The van der Waals surface area contributed by atoms with Crippen molar-refractivity contribution in [3.8, 4) is 5.75 Å². The molecule has 0 bridgehead atoms. The minimum Gasteiger partial charge on any atom is -0.497 e. The molecule has 0 saturated carbocycles. The van der Waals surface area contributed by atoms with Crippen LogP contribution in [0.4, 0.5) is 4.79 Å². The third-order valence-electron chi connectivity index (χ3n) is 1.99. The molecule has 0 aliphatic rings. The molecule has 0 atom stereocenters. The standard InChI is InChI=1S/C11H13ClN2O3/c1-17-9-4-2-8(3-5-9)7-13-11(16)14-10(15)6-12/h2-5H,6-7H2,1H3,(H2,13,14,15,16). The summed E-state index contributed by atoms with van der Waals surface area (Å²) in [4.78, 5) is 22.0. The van der Waals surface area contributed by atoms with Crippen LogP contribution in [0.2, 0.25) is 0 Å². The lowest BCUT2D eigenvalue weighted by Crippen LogP contribution is -2.39. The fraction of sp³-hybridized carbons (Fsp3) is 0.273. The van der Waals surface area contributed by atoms with Crippen molar-refractivity contribution in [1.82, 2.24) is 10.6 Å². The van der Waals surface area contributed by atoms with Crippen LogP contribution >= 0.6 is 11.6 Å². The van der Waals surface area contributed by atoms with E-state index in [2.05, 4.69) is 10.6 Å².